The standard InChI is InChI=1S/C17H15N3O3/c1-20-13-6-4-3-5-12(13)16(17(20)22)19-18-10-11-7-8-15(23-2)14(21)9-11/h3-10,21H,1-2H3/b18-10-,19-16-. The average molecular weight is 309 g/mol. The maximum atomic E-state index is 12.2. The van der Waals surface area contributed by atoms with Gasteiger partial charge in [-0.1, -0.05) is 18.2 Å². The number of fused-ring (bicyclic) bond motifs is 1. The number of carbonyl (C=O) groups is 1. The van der Waals surface area contributed by atoms with Crippen molar-refractivity contribution in [3.05, 3.63) is 53.6 Å². The molecule has 1 aliphatic rings. The summed E-state index contributed by atoms with van der Waals surface area (Å²) in [4.78, 5) is 13.8. The van der Waals surface area contributed by atoms with Crippen LogP contribution < -0.4 is 9.64 Å². The number of hydrogen-bond acceptors (Lipinski definition) is 5. The van der Waals surface area contributed by atoms with Crippen LogP contribution in [-0.2, 0) is 4.79 Å². The predicted octanol–water partition coefficient (Wildman–Crippen LogP) is 2.20. The minimum absolute atomic E-state index is 0.0196. The number of nitrogens with zero attached hydrogens (tertiary/aromatic N) is 3. The second-order valence-corrected chi connectivity index (χ2v) is 5.01. The van der Waals surface area contributed by atoms with Crippen molar-refractivity contribution in [2.75, 3.05) is 19.1 Å². The summed E-state index contributed by atoms with van der Waals surface area (Å²) in [7, 11) is 3.18. The van der Waals surface area contributed by atoms with Crippen LogP contribution in [0.2, 0.25) is 0 Å². The lowest BCUT2D eigenvalue weighted by Crippen LogP contribution is -2.25. The number of hydrogen-bond donors (Lipinski definition) is 1. The van der Waals surface area contributed by atoms with Crippen LogP contribution in [0.5, 0.6) is 11.5 Å². The number of methoxy groups -OCH3 is 1. The number of amides is 1. The highest BCUT2D eigenvalue weighted by Crippen LogP contribution is 2.28. The molecule has 1 amide bonds. The number of anilines is 1. The SMILES string of the molecule is COc1ccc(/C=N\N=C2/C(=O)N(C)c3ccccc32)cc1O. The molecule has 116 valence electrons. The molecule has 23 heavy (non-hydrogen) atoms. The quantitative estimate of drug-likeness (QED) is 0.697. The summed E-state index contributed by atoms with van der Waals surface area (Å²) >= 11 is 0. The molecule has 0 saturated heterocycles. The number of rotatable bonds is 3. The zero-order valence-corrected chi connectivity index (χ0v) is 12.7. The average Bonchev–Trinajstić information content (AvgIpc) is 2.80. The van der Waals surface area contributed by atoms with Crippen molar-refractivity contribution in [3.8, 4) is 11.5 Å². The Balaban J connectivity index is 1.88. The number of aromatic hydroxyl groups is 1. The van der Waals surface area contributed by atoms with Gasteiger partial charge in [0, 0.05) is 12.6 Å². The Hall–Kier alpha value is -3.15. The number of likely N-dealkylation sites (N-methyl/N-ethyl adjacent to an activating group) is 1. The van der Waals surface area contributed by atoms with Gasteiger partial charge in [-0.3, -0.25) is 4.79 Å². The molecule has 6 nitrogen and oxygen atoms in total. The summed E-state index contributed by atoms with van der Waals surface area (Å²) in [6.07, 6.45) is 1.47. The molecule has 2 aromatic rings. The summed E-state index contributed by atoms with van der Waals surface area (Å²) in [6, 6.07) is 12.3. The fourth-order valence-electron chi connectivity index (χ4n) is 2.39. The second-order valence-electron chi connectivity index (χ2n) is 5.01. The molecule has 6 heteroatoms. The molecule has 3 rings (SSSR count). The van der Waals surface area contributed by atoms with Gasteiger partial charge in [-0.2, -0.15) is 5.10 Å². The van der Waals surface area contributed by atoms with Gasteiger partial charge in [0.15, 0.2) is 17.2 Å². The summed E-state index contributed by atoms with van der Waals surface area (Å²) in [5.74, 6) is 0.210. The van der Waals surface area contributed by atoms with Gasteiger partial charge in [0.2, 0.25) is 0 Å². The van der Waals surface area contributed by atoms with Crippen LogP contribution in [0, 0.1) is 0 Å². The molecule has 1 N–H and O–H groups in total. The Morgan fingerprint density at radius 3 is 2.74 bits per heavy atom. The Kier molecular flexibility index (Phi) is 3.80. The fraction of sp³-hybridized carbons (Fsp3) is 0.118. The van der Waals surface area contributed by atoms with Crippen molar-refractivity contribution in [1.82, 2.24) is 0 Å². The minimum atomic E-state index is -0.194. The van der Waals surface area contributed by atoms with Crippen LogP contribution in [0.15, 0.2) is 52.7 Å². The maximum absolute atomic E-state index is 12.2. The molecule has 0 aromatic heterocycles. The van der Waals surface area contributed by atoms with E-state index in [2.05, 4.69) is 10.2 Å². The molecule has 0 bridgehead atoms. The number of phenolic OH excluding ortho intramolecular Hbond substituents is 1. The highest BCUT2D eigenvalue weighted by Gasteiger charge is 2.30. The minimum Gasteiger partial charge on any atom is -0.504 e. The van der Waals surface area contributed by atoms with E-state index in [0.29, 0.717) is 17.0 Å². The van der Waals surface area contributed by atoms with Crippen LogP contribution in [0.4, 0.5) is 5.69 Å². The van der Waals surface area contributed by atoms with E-state index >= 15 is 0 Å². The van der Waals surface area contributed by atoms with E-state index in [1.54, 1.807) is 24.1 Å². The van der Waals surface area contributed by atoms with Crippen molar-refractivity contribution < 1.29 is 14.6 Å². The Bertz CT molecular complexity index is 828. The Morgan fingerprint density at radius 2 is 2.00 bits per heavy atom. The largest absolute Gasteiger partial charge is 0.504 e. The maximum Gasteiger partial charge on any atom is 0.279 e. The molecular formula is C17H15N3O3. The second kappa shape index (κ2) is 5.92. The van der Waals surface area contributed by atoms with Gasteiger partial charge in [0.1, 0.15) is 0 Å². The molecule has 2 aromatic carbocycles. The molecule has 0 spiro atoms. The molecule has 0 atom stereocenters. The number of phenols is 1. The lowest BCUT2D eigenvalue weighted by atomic mass is 10.1. The third-order valence-electron chi connectivity index (χ3n) is 3.60. The molecule has 0 radical (unpaired) electrons. The van der Waals surface area contributed by atoms with Crippen LogP contribution in [0.1, 0.15) is 11.1 Å². The van der Waals surface area contributed by atoms with Crippen molar-refractivity contribution in [1.29, 1.82) is 0 Å². The normalized spacial score (nSPS) is 15.5. The number of ether oxygens (including phenoxy) is 1. The van der Waals surface area contributed by atoms with E-state index < -0.39 is 0 Å². The number of benzene rings is 2. The lowest BCUT2D eigenvalue weighted by molar-refractivity contribution is -0.111. The highest BCUT2D eigenvalue weighted by molar-refractivity contribution is 6.54. The Labute approximate surface area is 133 Å². The van der Waals surface area contributed by atoms with Gasteiger partial charge in [-0.15, -0.1) is 5.10 Å². The zero-order valence-electron chi connectivity index (χ0n) is 12.7. The molecule has 0 aliphatic carbocycles. The van der Waals surface area contributed by atoms with E-state index in [-0.39, 0.29) is 11.7 Å². The third kappa shape index (κ3) is 2.66. The summed E-state index contributed by atoms with van der Waals surface area (Å²) in [6.45, 7) is 0. The third-order valence-corrected chi connectivity index (χ3v) is 3.60. The molecule has 1 heterocycles. The first-order chi connectivity index (χ1) is 11.1. The first-order valence-electron chi connectivity index (χ1n) is 6.97. The van der Waals surface area contributed by atoms with Gasteiger partial charge >= 0.3 is 0 Å². The van der Waals surface area contributed by atoms with Crippen molar-refractivity contribution >= 4 is 23.5 Å². The zero-order chi connectivity index (χ0) is 16.4. The fourth-order valence-corrected chi connectivity index (χ4v) is 2.39. The summed E-state index contributed by atoms with van der Waals surface area (Å²) < 4.78 is 4.98. The molecule has 1 aliphatic heterocycles. The van der Waals surface area contributed by atoms with Gasteiger partial charge in [0.05, 0.1) is 19.0 Å². The first-order valence-corrected chi connectivity index (χ1v) is 6.97. The monoisotopic (exact) mass is 309 g/mol. The van der Waals surface area contributed by atoms with E-state index in [9.17, 15) is 9.90 Å². The van der Waals surface area contributed by atoms with Gasteiger partial charge < -0.3 is 14.7 Å². The van der Waals surface area contributed by atoms with E-state index in [1.807, 2.05) is 24.3 Å². The van der Waals surface area contributed by atoms with Gasteiger partial charge in [0.25, 0.3) is 5.91 Å². The molecular weight excluding hydrogens is 294 g/mol. The molecule has 0 fully saturated rings. The topological polar surface area (TPSA) is 74.5 Å². The van der Waals surface area contributed by atoms with Gasteiger partial charge in [-0.25, -0.2) is 0 Å². The predicted molar refractivity (Wildman–Crippen MR) is 88.6 cm³/mol. The van der Waals surface area contributed by atoms with Crippen molar-refractivity contribution in [2.24, 2.45) is 10.2 Å². The highest BCUT2D eigenvalue weighted by atomic mass is 16.5. The van der Waals surface area contributed by atoms with Crippen LogP contribution in [0.25, 0.3) is 0 Å². The summed E-state index contributed by atoms with van der Waals surface area (Å²) in [5.41, 5.74) is 2.53. The lowest BCUT2D eigenvalue weighted by Gasteiger charge is -2.07. The molecule has 0 unspecified atom stereocenters. The van der Waals surface area contributed by atoms with Crippen molar-refractivity contribution in [3.63, 3.8) is 0 Å². The van der Waals surface area contributed by atoms with Crippen LogP contribution in [-0.4, -0.2) is 37.1 Å². The summed E-state index contributed by atoms with van der Waals surface area (Å²) in [5, 5.41) is 17.7. The molecule has 0 saturated carbocycles. The van der Waals surface area contributed by atoms with Crippen molar-refractivity contribution in [2.45, 2.75) is 0 Å². The van der Waals surface area contributed by atoms with Gasteiger partial charge in [-0.05, 0) is 29.8 Å². The van der Waals surface area contributed by atoms with Crippen LogP contribution in [0.3, 0.4) is 0 Å². The van der Waals surface area contributed by atoms with Crippen LogP contribution >= 0.6 is 0 Å². The van der Waals surface area contributed by atoms with E-state index in [0.717, 1.165) is 11.3 Å². The van der Waals surface area contributed by atoms with E-state index in [4.69, 9.17) is 4.74 Å². The number of carbonyl (C=O) groups excluding carboxylic acids is 1. The Morgan fingerprint density at radius 1 is 1.22 bits per heavy atom. The van der Waals surface area contributed by atoms with E-state index in [1.165, 1.54) is 19.4 Å². The first kappa shape index (κ1) is 14.8. The smallest absolute Gasteiger partial charge is 0.279 e. The number of para-hydroxylation sites is 1.